The maximum Gasteiger partial charge on any atom is 0.306 e. The summed E-state index contributed by atoms with van der Waals surface area (Å²) in [5.74, 6) is 0.569. The fourth-order valence-corrected chi connectivity index (χ4v) is 2.87. The average Bonchev–Trinajstić information content (AvgIpc) is 3.41. The summed E-state index contributed by atoms with van der Waals surface area (Å²) in [6, 6.07) is 12.9. The quantitative estimate of drug-likeness (QED) is 0.389. The van der Waals surface area contributed by atoms with Crippen LogP contribution in [-0.2, 0) is 22.6 Å². The summed E-state index contributed by atoms with van der Waals surface area (Å²) < 4.78 is 28.9. The van der Waals surface area contributed by atoms with Crippen molar-refractivity contribution in [3.8, 4) is 22.8 Å². The lowest BCUT2D eigenvalue weighted by Gasteiger charge is -2.00. The number of carbonyl (C=O) groups excluding carboxylic acids is 1. The molecule has 2 aromatic heterocycles. The van der Waals surface area contributed by atoms with Crippen molar-refractivity contribution in [2.45, 2.75) is 19.4 Å². The summed E-state index contributed by atoms with van der Waals surface area (Å²) in [6.07, 6.45) is 1.86. The Hall–Kier alpha value is -3.52. The lowest BCUT2D eigenvalue weighted by Crippen LogP contribution is -2.06. The molecule has 0 amide bonds. The highest BCUT2D eigenvalue weighted by molar-refractivity contribution is 6.33. The summed E-state index contributed by atoms with van der Waals surface area (Å²) in [6.45, 7) is -0.126. The van der Waals surface area contributed by atoms with Crippen LogP contribution in [0.3, 0.4) is 0 Å². The Balaban J connectivity index is 1.28. The SMILES string of the molecule is O=C(CCc1ncc(-c2ccc(F)cc2)o1)OCc1noc(-c2ccccc2Cl)n1. The first-order chi connectivity index (χ1) is 14.6. The highest BCUT2D eigenvalue weighted by atomic mass is 35.5. The first kappa shape index (κ1) is 19.8. The van der Waals surface area contributed by atoms with Crippen LogP contribution in [0.5, 0.6) is 0 Å². The van der Waals surface area contributed by atoms with E-state index in [1.165, 1.54) is 18.3 Å². The van der Waals surface area contributed by atoms with Crippen LogP contribution in [0.25, 0.3) is 22.8 Å². The molecular weight excluding hydrogens is 413 g/mol. The molecule has 2 heterocycles. The van der Waals surface area contributed by atoms with Crippen molar-refractivity contribution < 1.29 is 22.9 Å². The van der Waals surface area contributed by atoms with Gasteiger partial charge >= 0.3 is 5.97 Å². The second kappa shape index (κ2) is 8.87. The number of hydrogen-bond acceptors (Lipinski definition) is 7. The number of carbonyl (C=O) groups is 1. The number of esters is 1. The molecule has 9 heteroatoms. The molecule has 0 aliphatic heterocycles. The zero-order chi connectivity index (χ0) is 20.9. The highest BCUT2D eigenvalue weighted by Gasteiger charge is 2.14. The van der Waals surface area contributed by atoms with Gasteiger partial charge in [-0.15, -0.1) is 0 Å². The Kier molecular flexibility index (Phi) is 5.85. The topological polar surface area (TPSA) is 91.2 Å². The van der Waals surface area contributed by atoms with Gasteiger partial charge < -0.3 is 13.7 Å². The molecule has 0 spiro atoms. The minimum absolute atomic E-state index is 0.0680. The number of halogens is 2. The van der Waals surface area contributed by atoms with E-state index in [4.69, 9.17) is 25.3 Å². The lowest BCUT2D eigenvalue weighted by molar-refractivity contribution is -0.145. The maximum absolute atomic E-state index is 13.0. The fourth-order valence-electron chi connectivity index (χ4n) is 2.66. The van der Waals surface area contributed by atoms with Gasteiger partial charge in [-0.25, -0.2) is 9.37 Å². The van der Waals surface area contributed by atoms with Crippen LogP contribution < -0.4 is 0 Å². The molecule has 4 aromatic rings. The molecule has 0 bridgehead atoms. The third-order valence-corrected chi connectivity index (χ3v) is 4.49. The van der Waals surface area contributed by atoms with E-state index in [0.717, 1.165) is 0 Å². The van der Waals surface area contributed by atoms with E-state index < -0.39 is 5.97 Å². The number of ether oxygens (including phenoxy) is 1. The van der Waals surface area contributed by atoms with Gasteiger partial charge in [0.15, 0.2) is 18.3 Å². The Bertz CT molecular complexity index is 1160. The summed E-state index contributed by atoms with van der Waals surface area (Å²) in [7, 11) is 0. The molecule has 0 radical (unpaired) electrons. The van der Waals surface area contributed by atoms with E-state index in [9.17, 15) is 9.18 Å². The van der Waals surface area contributed by atoms with Gasteiger partial charge in [0.1, 0.15) is 5.82 Å². The second-order valence-corrected chi connectivity index (χ2v) is 6.69. The van der Waals surface area contributed by atoms with E-state index >= 15 is 0 Å². The van der Waals surface area contributed by atoms with Gasteiger partial charge in [-0.3, -0.25) is 4.79 Å². The van der Waals surface area contributed by atoms with E-state index in [-0.39, 0.29) is 37.0 Å². The van der Waals surface area contributed by atoms with Crippen LogP contribution >= 0.6 is 11.6 Å². The molecule has 30 heavy (non-hydrogen) atoms. The standard InChI is InChI=1S/C21H15ClFN3O4/c22-16-4-2-1-3-15(16)21-25-18(26-30-21)12-28-20(27)10-9-19-24-11-17(29-19)13-5-7-14(23)8-6-13/h1-8,11H,9-10,12H2. The van der Waals surface area contributed by atoms with Gasteiger partial charge in [-0.1, -0.05) is 28.9 Å². The summed E-state index contributed by atoms with van der Waals surface area (Å²) in [5, 5.41) is 4.27. The smallest absolute Gasteiger partial charge is 0.306 e. The van der Waals surface area contributed by atoms with E-state index in [0.29, 0.717) is 27.8 Å². The van der Waals surface area contributed by atoms with Crippen molar-refractivity contribution in [1.82, 2.24) is 15.1 Å². The molecule has 0 saturated heterocycles. The van der Waals surface area contributed by atoms with Gasteiger partial charge in [0.25, 0.3) is 5.89 Å². The van der Waals surface area contributed by atoms with Crippen LogP contribution in [0.4, 0.5) is 4.39 Å². The summed E-state index contributed by atoms with van der Waals surface area (Å²) in [4.78, 5) is 20.3. The number of aryl methyl sites for hydroxylation is 1. The highest BCUT2D eigenvalue weighted by Crippen LogP contribution is 2.26. The third-order valence-electron chi connectivity index (χ3n) is 4.16. The van der Waals surface area contributed by atoms with Crippen molar-refractivity contribution in [3.05, 3.63) is 77.3 Å². The van der Waals surface area contributed by atoms with Gasteiger partial charge in [0.2, 0.25) is 5.82 Å². The molecule has 0 N–H and O–H groups in total. The van der Waals surface area contributed by atoms with Gasteiger partial charge in [0, 0.05) is 12.0 Å². The number of benzene rings is 2. The number of nitrogens with zero attached hydrogens (tertiary/aromatic N) is 3. The predicted molar refractivity (Wildman–Crippen MR) is 105 cm³/mol. The normalized spacial score (nSPS) is 10.9. The number of oxazole rings is 1. The first-order valence-electron chi connectivity index (χ1n) is 9.02. The Labute approximate surface area is 175 Å². The van der Waals surface area contributed by atoms with Gasteiger partial charge in [0.05, 0.1) is 23.2 Å². The van der Waals surface area contributed by atoms with E-state index in [1.54, 1.807) is 36.4 Å². The number of aromatic nitrogens is 3. The van der Waals surface area contributed by atoms with Crippen molar-refractivity contribution >= 4 is 17.6 Å². The molecular formula is C21H15ClFN3O4. The monoisotopic (exact) mass is 427 g/mol. The average molecular weight is 428 g/mol. The van der Waals surface area contributed by atoms with Crippen molar-refractivity contribution in [3.63, 3.8) is 0 Å². The van der Waals surface area contributed by atoms with E-state index in [2.05, 4.69) is 15.1 Å². The molecule has 4 rings (SSSR count). The second-order valence-electron chi connectivity index (χ2n) is 6.28. The fraction of sp³-hybridized carbons (Fsp3) is 0.143. The Morgan fingerprint density at radius 2 is 1.93 bits per heavy atom. The number of hydrogen-bond donors (Lipinski definition) is 0. The van der Waals surface area contributed by atoms with Crippen molar-refractivity contribution in [2.75, 3.05) is 0 Å². The number of rotatable bonds is 7. The van der Waals surface area contributed by atoms with Crippen LogP contribution in [0.1, 0.15) is 18.1 Å². The van der Waals surface area contributed by atoms with Crippen LogP contribution in [0.2, 0.25) is 5.02 Å². The third kappa shape index (κ3) is 4.72. The van der Waals surface area contributed by atoms with Crippen LogP contribution in [-0.4, -0.2) is 21.1 Å². The van der Waals surface area contributed by atoms with Crippen LogP contribution in [0, 0.1) is 5.82 Å². The molecule has 0 atom stereocenters. The minimum atomic E-state index is -0.458. The lowest BCUT2D eigenvalue weighted by atomic mass is 10.2. The first-order valence-corrected chi connectivity index (χ1v) is 9.40. The molecule has 0 aliphatic carbocycles. The molecule has 0 saturated carbocycles. The Morgan fingerprint density at radius 1 is 1.13 bits per heavy atom. The van der Waals surface area contributed by atoms with Crippen molar-refractivity contribution in [1.29, 1.82) is 0 Å². The summed E-state index contributed by atoms with van der Waals surface area (Å²) in [5.41, 5.74) is 1.30. The summed E-state index contributed by atoms with van der Waals surface area (Å²) >= 11 is 6.10. The predicted octanol–water partition coefficient (Wildman–Crippen LogP) is 4.86. The minimum Gasteiger partial charge on any atom is -0.457 e. The van der Waals surface area contributed by atoms with Gasteiger partial charge in [-0.05, 0) is 36.4 Å². The van der Waals surface area contributed by atoms with Crippen LogP contribution in [0.15, 0.2) is 63.7 Å². The molecule has 2 aromatic carbocycles. The Morgan fingerprint density at radius 3 is 2.73 bits per heavy atom. The zero-order valence-corrected chi connectivity index (χ0v) is 16.3. The van der Waals surface area contributed by atoms with E-state index in [1.807, 2.05) is 0 Å². The van der Waals surface area contributed by atoms with Gasteiger partial charge in [-0.2, -0.15) is 4.98 Å². The largest absolute Gasteiger partial charge is 0.457 e. The molecule has 0 aliphatic rings. The maximum atomic E-state index is 13.0. The molecule has 0 fully saturated rings. The molecule has 7 nitrogen and oxygen atoms in total. The molecule has 152 valence electrons. The van der Waals surface area contributed by atoms with Crippen molar-refractivity contribution in [2.24, 2.45) is 0 Å². The zero-order valence-electron chi connectivity index (χ0n) is 15.5. The molecule has 0 unspecified atom stereocenters.